The number of nitrogens with zero attached hydrogens (tertiary/aromatic N) is 2. The Bertz CT molecular complexity index is 811. The molecular weight excluding hydrogens is 395 g/mol. The molecule has 0 bridgehead atoms. The van der Waals surface area contributed by atoms with Crippen LogP contribution >= 0.6 is 11.8 Å². The summed E-state index contributed by atoms with van der Waals surface area (Å²) in [5.74, 6) is 0.309. The monoisotopic (exact) mass is 418 g/mol. The summed E-state index contributed by atoms with van der Waals surface area (Å²) in [5.41, 5.74) is 0.337. The van der Waals surface area contributed by atoms with Gasteiger partial charge in [-0.2, -0.15) is 0 Å². The van der Waals surface area contributed by atoms with E-state index in [0.717, 1.165) is 31.6 Å². The highest BCUT2D eigenvalue weighted by Gasteiger charge is 2.16. The van der Waals surface area contributed by atoms with Gasteiger partial charge in [-0.25, -0.2) is 4.39 Å². The van der Waals surface area contributed by atoms with Crippen molar-refractivity contribution >= 4 is 29.4 Å². The highest BCUT2D eigenvalue weighted by Crippen LogP contribution is 2.17. The number of hydrogen-bond donors (Lipinski definition) is 2. The molecule has 1 fully saturated rings. The molecule has 1 atom stereocenters. The zero-order valence-corrected chi connectivity index (χ0v) is 16.7. The van der Waals surface area contributed by atoms with Gasteiger partial charge in [0, 0.05) is 30.9 Å². The molecule has 0 radical (unpaired) electrons. The number of carbonyl (C=O) groups is 2. The lowest BCUT2D eigenvalue weighted by atomic mass is 10.2. The van der Waals surface area contributed by atoms with Crippen molar-refractivity contribution in [1.29, 1.82) is 0 Å². The molecule has 0 aliphatic carbocycles. The van der Waals surface area contributed by atoms with Crippen LogP contribution in [0.5, 0.6) is 0 Å². The van der Waals surface area contributed by atoms with Crippen LogP contribution in [-0.2, 0) is 9.53 Å². The van der Waals surface area contributed by atoms with Crippen molar-refractivity contribution < 1.29 is 18.7 Å². The largest absolute Gasteiger partial charge is 0.376 e. The van der Waals surface area contributed by atoms with Crippen molar-refractivity contribution in [3.63, 3.8) is 0 Å². The van der Waals surface area contributed by atoms with Crippen molar-refractivity contribution in [2.24, 2.45) is 0 Å². The van der Waals surface area contributed by atoms with E-state index < -0.39 is 5.82 Å². The fourth-order valence-corrected chi connectivity index (χ4v) is 3.54. The van der Waals surface area contributed by atoms with Crippen molar-refractivity contribution in [3.8, 4) is 0 Å². The van der Waals surface area contributed by atoms with Gasteiger partial charge in [-0.3, -0.25) is 9.59 Å². The SMILES string of the molecule is O=C(CCCSc1ccc(NC(=O)c2ccc(F)cc2)nn1)NC[C@@H]1CCCO1. The first-order valence-electron chi connectivity index (χ1n) is 9.52. The summed E-state index contributed by atoms with van der Waals surface area (Å²) in [6.07, 6.45) is 3.42. The molecule has 2 heterocycles. The molecule has 2 N–H and O–H groups in total. The van der Waals surface area contributed by atoms with E-state index in [0.29, 0.717) is 29.4 Å². The quantitative estimate of drug-likeness (QED) is 0.480. The molecule has 7 nitrogen and oxygen atoms in total. The number of ether oxygens (including phenoxy) is 1. The lowest BCUT2D eigenvalue weighted by Crippen LogP contribution is -2.31. The van der Waals surface area contributed by atoms with E-state index in [9.17, 15) is 14.0 Å². The highest BCUT2D eigenvalue weighted by molar-refractivity contribution is 7.99. The van der Waals surface area contributed by atoms with E-state index in [1.165, 1.54) is 36.0 Å². The minimum atomic E-state index is -0.400. The topological polar surface area (TPSA) is 93.2 Å². The number of nitrogens with one attached hydrogen (secondary N) is 2. The van der Waals surface area contributed by atoms with E-state index in [-0.39, 0.29) is 17.9 Å². The lowest BCUT2D eigenvalue weighted by Gasteiger charge is -2.10. The lowest BCUT2D eigenvalue weighted by molar-refractivity contribution is -0.121. The second-order valence-electron chi connectivity index (χ2n) is 6.61. The third-order valence-corrected chi connectivity index (χ3v) is 5.34. The van der Waals surface area contributed by atoms with Crippen molar-refractivity contribution in [1.82, 2.24) is 15.5 Å². The van der Waals surface area contributed by atoms with E-state index in [4.69, 9.17) is 4.74 Å². The second-order valence-corrected chi connectivity index (χ2v) is 7.72. The number of thioether (sulfide) groups is 1. The molecule has 0 saturated carbocycles. The van der Waals surface area contributed by atoms with Crippen LogP contribution in [0, 0.1) is 5.82 Å². The van der Waals surface area contributed by atoms with E-state index in [1.807, 2.05) is 0 Å². The Morgan fingerprint density at radius 1 is 1.17 bits per heavy atom. The molecule has 1 saturated heterocycles. The highest BCUT2D eigenvalue weighted by atomic mass is 32.2. The number of benzene rings is 1. The van der Waals surface area contributed by atoms with Crippen LogP contribution in [0.25, 0.3) is 0 Å². The Kier molecular flexibility index (Phi) is 7.94. The van der Waals surface area contributed by atoms with Gasteiger partial charge in [0.25, 0.3) is 5.91 Å². The van der Waals surface area contributed by atoms with Gasteiger partial charge < -0.3 is 15.4 Å². The van der Waals surface area contributed by atoms with Gasteiger partial charge >= 0.3 is 0 Å². The maximum atomic E-state index is 12.9. The molecule has 0 unspecified atom stereocenters. The maximum Gasteiger partial charge on any atom is 0.256 e. The molecule has 154 valence electrons. The summed E-state index contributed by atoms with van der Waals surface area (Å²) >= 11 is 1.50. The van der Waals surface area contributed by atoms with Gasteiger partial charge in [0.2, 0.25) is 5.91 Å². The van der Waals surface area contributed by atoms with Gasteiger partial charge in [0.1, 0.15) is 10.8 Å². The van der Waals surface area contributed by atoms with Gasteiger partial charge in [-0.15, -0.1) is 22.0 Å². The maximum absolute atomic E-state index is 12.9. The molecule has 1 aromatic carbocycles. The summed E-state index contributed by atoms with van der Waals surface area (Å²) in [6, 6.07) is 8.67. The summed E-state index contributed by atoms with van der Waals surface area (Å²) in [5, 5.41) is 14.3. The average Bonchev–Trinajstić information content (AvgIpc) is 3.25. The molecule has 2 amide bonds. The van der Waals surface area contributed by atoms with Gasteiger partial charge in [-0.1, -0.05) is 0 Å². The Labute approximate surface area is 172 Å². The fourth-order valence-electron chi connectivity index (χ4n) is 2.78. The van der Waals surface area contributed by atoms with Crippen LogP contribution in [0.3, 0.4) is 0 Å². The Hall–Kier alpha value is -2.52. The minimum absolute atomic E-state index is 0.0334. The summed E-state index contributed by atoms with van der Waals surface area (Å²) < 4.78 is 18.4. The molecule has 1 aromatic heterocycles. The number of carbonyl (C=O) groups excluding carboxylic acids is 2. The molecule has 0 spiro atoms. The molecule has 3 rings (SSSR count). The van der Waals surface area contributed by atoms with Crippen LogP contribution in [0.15, 0.2) is 41.4 Å². The van der Waals surface area contributed by atoms with Gasteiger partial charge in [-0.05, 0) is 55.7 Å². The third-order valence-electron chi connectivity index (χ3n) is 4.34. The first-order chi connectivity index (χ1) is 14.1. The molecule has 2 aromatic rings. The Morgan fingerprint density at radius 2 is 2.00 bits per heavy atom. The number of anilines is 1. The predicted octanol–water partition coefficient (Wildman–Crippen LogP) is 3.04. The first-order valence-corrected chi connectivity index (χ1v) is 10.5. The molecule has 1 aliphatic heterocycles. The molecular formula is C20H23FN4O3S. The number of rotatable bonds is 9. The van der Waals surface area contributed by atoms with E-state index in [2.05, 4.69) is 20.8 Å². The minimum Gasteiger partial charge on any atom is -0.376 e. The van der Waals surface area contributed by atoms with Crippen LogP contribution in [0.2, 0.25) is 0 Å². The number of hydrogen-bond acceptors (Lipinski definition) is 6. The third kappa shape index (κ3) is 7.10. The van der Waals surface area contributed by atoms with Crippen LogP contribution < -0.4 is 10.6 Å². The standard InChI is InChI=1S/C20H23FN4O3S/c21-15-7-5-14(6-8-15)20(27)23-17-9-10-19(25-24-17)29-12-2-4-18(26)22-13-16-3-1-11-28-16/h5-10,16H,1-4,11-13H2,(H,22,26)(H,23,24,27)/t16-/m0/s1. The number of aromatic nitrogens is 2. The molecule has 9 heteroatoms. The number of amides is 2. The van der Waals surface area contributed by atoms with Crippen LogP contribution in [-0.4, -0.2) is 47.0 Å². The zero-order chi connectivity index (χ0) is 20.5. The van der Waals surface area contributed by atoms with Crippen molar-refractivity contribution in [2.75, 3.05) is 24.2 Å². The van der Waals surface area contributed by atoms with Gasteiger partial charge in [0.15, 0.2) is 5.82 Å². The zero-order valence-electron chi connectivity index (χ0n) is 15.9. The first kappa shape index (κ1) is 21.2. The molecule has 29 heavy (non-hydrogen) atoms. The summed E-state index contributed by atoms with van der Waals surface area (Å²) in [4.78, 5) is 23.9. The predicted molar refractivity (Wildman–Crippen MR) is 108 cm³/mol. The number of halogens is 1. The van der Waals surface area contributed by atoms with Crippen molar-refractivity contribution in [3.05, 3.63) is 47.8 Å². The Morgan fingerprint density at radius 3 is 2.69 bits per heavy atom. The second kappa shape index (κ2) is 10.9. The smallest absolute Gasteiger partial charge is 0.256 e. The van der Waals surface area contributed by atoms with Crippen LogP contribution in [0.4, 0.5) is 10.2 Å². The Balaban J connectivity index is 1.34. The van der Waals surface area contributed by atoms with E-state index in [1.54, 1.807) is 12.1 Å². The fraction of sp³-hybridized carbons (Fsp3) is 0.400. The average molecular weight is 418 g/mol. The van der Waals surface area contributed by atoms with Crippen molar-refractivity contribution in [2.45, 2.75) is 36.8 Å². The van der Waals surface area contributed by atoms with Gasteiger partial charge in [0.05, 0.1) is 6.10 Å². The summed E-state index contributed by atoms with van der Waals surface area (Å²) in [6.45, 7) is 1.37. The van der Waals surface area contributed by atoms with E-state index >= 15 is 0 Å². The summed E-state index contributed by atoms with van der Waals surface area (Å²) in [7, 11) is 0. The normalized spacial score (nSPS) is 15.8. The van der Waals surface area contributed by atoms with Crippen LogP contribution in [0.1, 0.15) is 36.0 Å². The molecule has 1 aliphatic rings.